The quantitative estimate of drug-likeness (QED) is 0.793. The summed E-state index contributed by atoms with van der Waals surface area (Å²) >= 11 is 0. The summed E-state index contributed by atoms with van der Waals surface area (Å²) in [6.07, 6.45) is 1.31. The van der Waals surface area contributed by atoms with E-state index in [4.69, 9.17) is 0 Å². The van der Waals surface area contributed by atoms with Gasteiger partial charge in [0.05, 0.1) is 12.5 Å². The summed E-state index contributed by atoms with van der Waals surface area (Å²) in [5.74, 6) is -0.0743. The second-order valence-electron chi connectivity index (χ2n) is 6.21. The number of benzene rings is 1. The van der Waals surface area contributed by atoms with Gasteiger partial charge in [0, 0.05) is 25.7 Å². The molecule has 0 aromatic heterocycles. The van der Waals surface area contributed by atoms with Crippen LogP contribution in [0, 0.1) is 0 Å². The van der Waals surface area contributed by atoms with Crippen LogP contribution < -0.4 is 5.32 Å². The Labute approximate surface area is 132 Å². The van der Waals surface area contributed by atoms with Gasteiger partial charge in [0.15, 0.2) is 0 Å². The van der Waals surface area contributed by atoms with Gasteiger partial charge in [-0.3, -0.25) is 9.69 Å². The van der Waals surface area contributed by atoms with E-state index in [0.717, 1.165) is 38.0 Å². The molecule has 0 spiro atoms. The third kappa shape index (κ3) is 5.28. The zero-order valence-electron chi connectivity index (χ0n) is 13.3. The molecule has 1 unspecified atom stereocenters. The maximum Gasteiger partial charge on any atom is 0.223 e. The first-order valence-electron chi connectivity index (χ1n) is 7.93. The number of amides is 1. The third-order valence-corrected chi connectivity index (χ3v) is 4.01. The molecule has 0 aliphatic carbocycles. The summed E-state index contributed by atoms with van der Waals surface area (Å²) in [7, 11) is 0. The molecule has 4 nitrogen and oxygen atoms in total. The lowest BCUT2D eigenvalue weighted by Gasteiger charge is -2.32. The number of likely N-dealkylation sites (tertiary alicyclic amines) is 1. The largest absolute Gasteiger partial charge is 0.388 e. The Morgan fingerprint density at radius 2 is 2.00 bits per heavy atom. The minimum atomic E-state index is -0.732. The number of carbonyl (C=O) groups excluding carboxylic acids is 1. The molecular weight excluding hydrogens is 276 g/mol. The molecule has 1 heterocycles. The first-order chi connectivity index (χ1) is 10.5. The molecule has 1 aliphatic heterocycles. The summed E-state index contributed by atoms with van der Waals surface area (Å²) in [6.45, 7) is 8.89. The molecule has 2 N–H and O–H groups in total. The summed E-state index contributed by atoms with van der Waals surface area (Å²) < 4.78 is 0. The van der Waals surface area contributed by atoms with E-state index < -0.39 is 6.10 Å². The molecule has 0 bridgehead atoms. The van der Waals surface area contributed by atoms with Crippen molar-refractivity contribution in [3.8, 4) is 0 Å². The number of hydrogen-bond donors (Lipinski definition) is 2. The van der Waals surface area contributed by atoms with E-state index >= 15 is 0 Å². The summed E-state index contributed by atoms with van der Waals surface area (Å²) in [6, 6.07) is 9.54. The Bertz CT molecular complexity index is 493. The molecule has 120 valence electrons. The highest BCUT2D eigenvalue weighted by atomic mass is 16.3. The monoisotopic (exact) mass is 302 g/mol. The van der Waals surface area contributed by atoms with Gasteiger partial charge in [0.2, 0.25) is 5.91 Å². The van der Waals surface area contributed by atoms with Crippen molar-refractivity contribution in [2.24, 2.45) is 0 Å². The van der Waals surface area contributed by atoms with Crippen LogP contribution in [-0.4, -0.2) is 41.6 Å². The van der Waals surface area contributed by atoms with Crippen molar-refractivity contribution in [2.75, 3.05) is 19.6 Å². The number of nitrogens with zero attached hydrogens (tertiary/aromatic N) is 1. The van der Waals surface area contributed by atoms with Crippen molar-refractivity contribution in [1.29, 1.82) is 0 Å². The molecule has 22 heavy (non-hydrogen) atoms. The van der Waals surface area contributed by atoms with Crippen LogP contribution in [0.3, 0.4) is 0 Å². The van der Waals surface area contributed by atoms with Gasteiger partial charge in [-0.1, -0.05) is 42.5 Å². The lowest BCUT2D eigenvalue weighted by Crippen LogP contribution is -2.45. The number of aliphatic hydroxyl groups excluding tert-OH is 1. The van der Waals surface area contributed by atoms with Gasteiger partial charge in [-0.25, -0.2) is 0 Å². The molecule has 2 rings (SSSR count). The van der Waals surface area contributed by atoms with Gasteiger partial charge in [0.1, 0.15) is 0 Å². The van der Waals surface area contributed by atoms with Crippen molar-refractivity contribution < 1.29 is 9.90 Å². The van der Waals surface area contributed by atoms with Crippen molar-refractivity contribution in [3.05, 3.63) is 48.0 Å². The number of nitrogens with one attached hydrogen (secondary N) is 1. The van der Waals surface area contributed by atoms with Crippen LogP contribution in [0.5, 0.6) is 0 Å². The lowest BCUT2D eigenvalue weighted by molar-refractivity contribution is -0.124. The summed E-state index contributed by atoms with van der Waals surface area (Å²) in [5.41, 5.74) is 1.96. The summed E-state index contributed by atoms with van der Waals surface area (Å²) in [5, 5.41) is 13.1. The van der Waals surface area contributed by atoms with Crippen LogP contribution in [0.15, 0.2) is 42.5 Å². The number of hydrogen-bond acceptors (Lipinski definition) is 3. The Hall–Kier alpha value is -1.65. The smallest absolute Gasteiger partial charge is 0.223 e. The molecule has 1 amide bonds. The van der Waals surface area contributed by atoms with E-state index in [1.165, 1.54) is 5.57 Å². The fourth-order valence-corrected chi connectivity index (χ4v) is 2.87. The standard InChI is InChI=1S/C18H26N2O2/c1-14(2)13-20-10-8-16(9-11-20)19-18(22)12-17(21)15-6-4-3-5-7-15/h3-7,16-17,21H,1,8-13H2,2H3,(H,19,22). The molecule has 1 aliphatic rings. The average molecular weight is 302 g/mol. The van der Waals surface area contributed by atoms with Crippen molar-refractivity contribution in [1.82, 2.24) is 10.2 Å². The maximum atomic E-state index is 12.1. The normalized spacial score (nSPS) is 17.9. The molecule has 0 radical (unpaired) electrons. The molecular formula is C18H26N2O2. The molecule has 1 atom stereocenters. The van der Waals surface area contributed by atoms with Gasteiger partial charge in [0.25, 0.3) is 0 Å². The SMILES string of the molecule is C=C(C)CN1CCC(NC(=O)CC(O)c2ccccc2)CC1. The van der Waals surface area contributed by atoms with E-state index in [-0.39, 0.29) is 18.4 Å². The second kappa shape index (κ2) is 8.11. The zero-order valence-corrected chi connectivity index (χ0v) is 13.3. The predicted molar refractivity (Wildman–Crippen MR) is 88.4 cm³/mol. The highest BCUT2D eigenvalue weighted by molar-refractivity contribution is 5.77. The molecule has 0 saturated carbocycles. The predicted octanol–water partition coefficient (Wildman–Crippen LogP) is 2.27. The highest BCUT2D eigenvalue weighted by Gasteiger charge is 2.21. The second-order valence-corrected chi connectivity index (χ2v) is 6.21. The fraction of sp³-hybridized carbons (Fsp3) is 0.500. The average Bonchev–Trinajstić information content (AvgIpc) is 2.49. The number of aliphatic hydroxyl groups is 1. The van der Waals surface area contributed by atoms with Crippen molar-refractivity contribution in [3.63, 3.8) is 0 Å². The first kappa shape index (κ1) is 16.7. The first-order valence-corrected chi connectivity index (χ1v) is 7.93. The number of carbonyl (C=O) groups is 1. The number of piperidine rings is 1. The van der Waals surface area contributed by atoms with E-state index in [9.17, 15) is 9.90 Å². The van der Waals surface area contributed by atoms with Gasteiger partial charge in [-0.05, 0) is 25.3 Å². The van der Waals surface area contributed by atoms with Crippen LogP contribution in [0.1, 0.15) is 37.9 Å². The van der Waals surface area contributed by atoms with Gasteiger partial charge in [-0.15, -0.1) is 0 Å². The third-order valence-electron chi connectivity index (χ3n) is 4.01. The van der Waals surface area contributed by atoms with E-state index in [2.05, 4.69) is 16.8 Å². The van der Waals surface area contributed by atoms with Gasteiger partial charge < -0.3 is 10.4 Å². The van der Waals surface area contributed by atoms with E-state index in [1.54, 1.807) is 0 Å². The molecule has 1 fully saturated rings. The van der Waals surface area contributed by atoms with Crippen LogP contribution in [0.4, 0.5) is 0 Å². The van der Waals surface area contributed by atoms with Crippen LogP contribution in [0.2, 0.25) is 0 Å². The Kier molecular flexibility index (Phi) is 6.16. The fourth-order valence-electron chi connectivity index (χ4n) is 2.87. The highest BCUT2D eigenvalue weighted by Crippen LogP contribution is 2.17. The van der Waals surface area contributed by atoms with Gasteiger partial charge >= 0.3 is 0 Å². The molecule has 4 heteroatoms. The lowest BCUT2D eigenvalue weighted by atomic mass is 10.0. The Balaban J connectivity index is 1.73. The van der Waals surface area contributed by atoms with Crippen molar-refractivity contribution in [2.45, 2.75) is 38.3 Å². The van der Waals surface area contributed by atoms with Gasteiger partial charge in [-0.2, -0.15) is 0 Å². The summed E-state index contributed by atoms with van der Waals surface area (Å²) in [4.78, 5) is 14.4. The molecule has 1 aromatic rings. The molecule has 1 aromatic carbocycles. The van der Waals surface area contributed by atoms with E-state index in [1.807, 2.05) is 37.3 Å². The topological polar surface area (TPSA) is 52.6 Å². The Morgan fingerprint density at radius 3 is 2.59 bits per heavy atom. The van der Waals surface area contributed by atoms with Crippen LogP contribution >= 0.6 is 0 Å². The zero-order chi connectivity index (χ0) is 15.9. The van der Waals surface area contributed by atoms with Crippen LogP contribution in [0.25, 0.3) is 0 Å². The number of rotatable bonds is 6. The van der Waals surface area contributed by atoms with Crippen LogP contribution in [-0.2, 0) is 4.79 Å². The minimum Gasteiger partial charge on any atom is -0.388 e. The van der Waals surface area contributed by atoms with Crippen molar-refractivity contribution >= 4 is 5.91 Å². The van der Waals surface area contributed by atoms with E-state index in [0.29, 0.717) is 0 Å². The Morgan fingerprint density at radius 1 is 1.36 bits per heavy atom. The minimum absolute atomic E-state index is 0.0743. The molecule has 1 saturated heterocycles. The maximum absolute atomic E-state index is 12.1.